The van der Waals surface area contributed by atoms with Crippen molar-refractivity contribution in [1.82, 2.24) is 9.80 Å². The van der Waals surface area contributed by atoms with Gasteiger partial charge in [-0.1, -0.05) is 36.4 Å². The van der Waals surface area contributed by atoms with Crippen molar-refractivity contribution in [2.45, 2.75) is 39.9 Å². The fraction of sp³-hybridized carbons (Fsp3) is 0.308. The molecule has 5 nitrogen and oxygen atoms in total. The van der Waals surface area contributed by atoms with Gasteiger partial charge >= 0.3 is 0 Å². The highest BCUT2D eigenvalue weighted by atomic mass is 32.1. The van der Waals surface area contributed by atoms with Crippen molar-refractivity contribution < 1.29 is 14.3 Å². The number of methoxy groups -OCH3 is 1. The average Bonchev–Trinajstić information content (AvgIpc) is 3.21. The van der Waals surface area contributed by atoms with Gasteiger partial charge in [0.15, 0.2) is 0 Å². The molecule has 2 aromatic carbocycles. The molecule has 6 heteroatoms. The van der Waals surface area contributed by atoms with E-state index in [-0.39, 0.29) is 24.4 Å². The van der Waals surface area contributed by atoms with E-state index in [1.54, 1.807) is 47.6 Å². The fourth-order valence-corrected chi connectivity index (χ4v) is 4.35. The number of benzene rings is 2. The van der Waals surface area contributed by atoms with Crippen LogP contribution in [0.1, 0.15) is 40.2 Å². The van der Waals surface area contributed by atoms with Gasteiger partial charge in [-0.2, -0.15) is 0 Å². The standard InChI is InChI=1S/C26H30N2O3S/c1-19(2)28(26(30)22-11-8-12-23(15-22)31-4)18-25(29)27(16-21-9-6-5-7-10-21)17-24-20(3)13-14-32-24/h5-15,19H,16-18H2,1-4H3. The molecule has 0 radical (unpaired) electrons. The summed E-state index contributed by atoms with van der Waals surface area (Å²) in [5.41, 5.74) is 2.74. The van der Waals surface area contributed by atoms with Crippen LogP contribution in [-0.2, 0) is 17.9 Å². The fourth-order valence-electron chi connectivity index (χ4n) is 3.43. The maximum atomic E-state index is 13.5. The lowest BCUT2D eigenvalue weighted by Crippen LogP contribution is -2.45. The Morgan fingerprint density at radius 3 is 2.38 bits per heavy atom. The maximum absolute atomic E-state index is 13.5. The summed E-state index contributed by atoms with van der Waals surface area (Å²) in [7, 11) is 1.57. The zero-order valence-electron chi connectivity index (χ0n) is 19.1. The molecule has 168 valence electrons. The van der Waals surface area contributed by atoms with Gasteiger partial charge in [-0.15, -0.1) is 11.3 Å². The van der Waals surface area contributed by atoms with E-state index in [2.05, 4.69) is 13.0 Å². The van der Waals surface area contributed by atoms with Crippen molar-refractivity contribution in [3.05, 3.63) is 87.6 Å². The maximum Gasteiger partial charge on any atom is 0.254 e. The van der Waals surface area contributed by atoms with Gasteiger partial charge in [0.1, 0.15) is 12.3 Å². The summed E-state index contributed by atoms with van der Waals surface area (Å²) in [6.07, 6.45) is 0. The lowest BCUT2D eigenvalue weighted by Gasteiger charge is -2.30. The number of hydrogen-bond donors (Lipinski definition) is 0. The average molecular weight is 451 g/mol. The number of carbonyl (C=O) groups is 2. The number of rotatable bonds is 9. The van der Waals surface area contributed by atoms with Gasteiger partial charge in [-0.05, 0) is 61.5 Å². The van der Waals surface area contributed by atoms with Crippen molar-refractivity contribution in [2.24, 2.45) is 0 Å². The van der Waals surface area contributed by atoms with Gasteiger partial charge in [0.25, 0.3) is 5.91 Å². The third-order valence-electron chi connectivity index (χ3n) is 5.38. The summed E-state index contributed by atoms with van der Waals surface area (Å²) in [6, 6.07) is 18.9. The first-order valence-corrected chi connectivity index (χ1v) is 11.6. The van der Waals surface area contributed by atoms with Crippen LogP contribution in [0.4, 0.5) is 0 Å². The normalized spacial score (nSPS) is 10.8. The molecule has 1 aromatic heterocycles. The first-order valence-electron chi connectivity index (χ1n) is 10.7. The zero-order valence-corrected chi connectivity index (χ0v) is 19.9. The molecule has 1 heterocycles. The molecule has 0 saturated carbocycles. The quantitative estimate of drug-likeness (QED) is 0.453. The molecule has 32 heavy (non-hydrogen) atoms. The largest absolute Gasteiger partial charge is 0.497 e. The summed E-state index contributed by atoms with van der Waals surface area (Å²) < 4.78 is 5.26. The van der Waals surface area contributed by atoms with Crippen LogP contribution >= 0.6 is 11.3 Å². The second-order valence-corrected chi connectivity index (χ2v) is 9.02. The second-order valence-electron chi connectivity index (χ2n) is 8.02. The monoisotopic (exact) mass is 450 g/mol. The second kappa shape index (κ2) is 11.0. The number of carbonyl (C=O) groups excluding carboxylic acids is 2. The molecular formula is C26H30N2O3S. The van der Waals surface area contributed by atoms with Crippen molar-refractivity contribution in [2.75, 3.05) is 13.7 Å². The number of hydrogen-bond acceptors (Lipinski definition) is 4. The van der Waals surface area contributed by atoms with Crippen molar-refractivity contribution >= 4 is 23.2 Å². The van der Waals surface area contributed by atoms with Crippen molar-refractivity contribution in [1.29, 1.82) is 0 Å². The highest BCUT2D eigenvalue weighted by molar-refractivity contribution is 7.10. The highest BCUT2D eigenvalue weighted by Crippen LogP contribution is 2.21. The van der Waals surface area contributed by atoms with Gasteiger partial charge in [0.05, 0.1) is 13.7 Å². The van der Waals surface area contributed by atoms with E-state index in [4.69, 9.17) is 4.74 Å². The topological polar surface area (TPSA) is 49.9 Å². The Hall–Kier alpha value is -3.12. The minimum absolute atomic E-state index is 0.0188. The Bertz CT molecular complexity index is 1050. The minimum atomic E-state index is -0.181. The molecule has 0 bridgehead atoms. The molecule has 0 aliphatic heterocycles. The molecule has 0 aliphatic carbocycles. The van der Waals surface area contributed by atoms with Crippen LogP contribution < -0.4 is 4.74 Å². The molecule has 0 N–H and O–H groups in total. The van der Waals surface area contributed by atoms with Gasteiger partial charge < -0.3 is 14.5 Å². The van der Waals surface area contributed by atoms with E-state index >= 15 is 0 Å². The Balaban J connectivity index is 1.82. The van der Waals surface area contributed by atoms with Gasteiger partial charge in [0.2, 0.25) is 5.91 Å². The smallest absolute Gasteiger partial charge is 0.254 e. The van der Waals surface area contributed by atoms with Crippen LogP contribution in [0, 0.1) is 6.92 Å². The molecular weight excluding hydrogens is 420 g/mol. The van der Waals surface area contributed by atoms with E-state index in [0.29, 0.717) is 24.4 Å². The summed E-state index contributed by atoms with van der Waals surface area (Å²) in [5, 5.41) is 2.04. The number of amides is 2. The molecule has 0 atom stereocenters. The SMILES string of the molecule is COc1cccc(C(=O)N(CC(=O)N(Cc2ccccc2)Cc2sccc2C)C(C)C)c1. The summed E-state index contributed by atoms with van der Waals surface area (Å²) >= 11 is 1.65. The van der Waals surface area contributed by atoms with E-state index in [0.717, 1.165) is 10.4 Å². The summed E-state index contributed by atoms with van der Waals surface area (Å²) in [6.45, 7) is 6.95. The predicted octanol–water partition coefficient (Wildman–Crippen LogP) is 5.14. The van der Waals surface area contributed by atoms with Gasteiger partial charge in [-0.3, -0.25) is 9.59 Å². The number of ether oxygens (including phenoxy) is 1. The molecule has 0 spiro atoms. The Morgan fingerprint density at radius 1 is 1.00 bits per heavy atom. The first-order chi connectivity index (χ1) is 15.4. The molecule has 0 unspecified atom stereocenters. The van der Waals surface area contributed by atoms with E-state index in [1.807, 2.05) is 54.5 Å². The molecule has 0 fully saturated rings. The van der Waals surface area contributed by atoms with E-state index in [1.165, 1.54) is 5.56 Å². The predicted molar refractivity (Wildman–Crippen MR) is 129 cm³/mol. The lowest BCUT2D eigenvalue weighted by molar-refractivity contribution is -0.133. The van der Waals surface area contributed by atoms with Crippen LogP contribution in [0.25, 0.3) is 0 Å². The Kier molecular flexibility index (Phi) is 8.06. The molecule has 3 rings (SSSR count). The van der Waals surface area contributed by atoms with Crippen LogP contribution in [-0.4, -0.2) is 41.3 Å². The molecule has 0 aliphatic rings. The number of nitrogens with zero attached hydrogens (tertiary/aromatic N) is 2. The van der Waals surface area contributed by atoms with E-state index < -0.39 is 0 Å². The molecule has 2 amide bonds. The highest BCUT2D eigenvalue weighted by Gasteiger charge is 2.25. The molecule has 0 saturated heterocycles. The van der Waals surface area contributed by atoms with Crippen LogP contribution in [0.3, 0.4) is 0 Å². The number of aryl methyl sites for hydroxylation is 1. The first kappa shape index (κ1) is 23.5. The Labute approximate surface area is 194 Å². The van der Waals surface area contributed by atoms with Crippen LogP contribution in [0.5, 0.6) is 5.75 Å². The third kappa shape index (κ3) is 5.98. The third-order valence-corrected chi connectivity index (χ3v) is 6.39. The van der Waals surface area contributed by atoms with Gasteiger partial charge in [-0.25, -0.2) is 0 Å². The van der Waals surface area contributed by atoms with Crippen molar-refractivity contribution in [3.63, 3.8) is 0 Å². The Morgan fingerprint density at radius 2 is 1.75 bits per heavy atom. The van der Waals surface area contributed by atoms with Crippen LogP contribution in [0.2, 0.25) is 0 Å². The summed E-state index contributed by atoms with van der Waals surface area (Å²) in [4.78, 5) is 31.3. The summed E-state index contributed by atoms with van der Waals surface area (Å²) in [5.74, 6) is 0.357. The lowest BCUT2D eigenvalue weighted by atomic mass is 10.1. The van der Waals surface area contributed by atoms with E-state index in [9.17, 15) is 9.59 Å². The van der Waals surface area contributed by atoms with Crippen molar-refractivity contribution in [3.8, 4) is 5.75 Å². The molecule has 3 aromatic rings. The zero-order chi connectivity index (χ0) is 23.1. The van der Waals surface area contributed by atoms with Crippen LogP contribution in [0.15, 0.2) is 66.0 Å². The van der Waals surface area contributed by atoms with Gasteiger partial charge in [0, 0.05) is 23.0 Å². The number of thiophene rings is 1. The minimum Gasteiger partial charge on any atom is -0.497 e.